The lowest BCUT2D eigenvalue weighted by Crippen LogP contribution is -2.33. The number of carbonyl (C=O) groups is 2. The molecule has 3 aromatic rings. The van der Waals surface area contributed by atoms with Gasteiger partial charge in [0.1, 0.15) is 11.6 Å². The summed E-state index contributed by atoms with van der Waals surface area (Å²) in [6, 6.07) is 8.22. The molecule has 0 bridgehead atoms. The predicted molar refractivity (Wildman–Crippen MR) is 140 cm³/mol. The maximum absolute atomic E-state index is 14.3. The highest BCUT2D eigenvalue weighted by atomic mass is 32.1. The Labute approximate surface area is 211 Å². The fraction of sp³-hybridized carbons (Fsp3) is 0.444. The van der Waals surface area contributed by atoms with E-state index in [1.807, 2.05) is 23.6 Å². The van der Waals surface area contributed by atoms with Gasteiger partial charge >= 0.3 is 5.97 Å². The Morgan fingerprint density at radius 3 is 2.51 bits per heavy atom. The zero-order chi connectivity index (χ0) is 25.9. The summed E-state index contributed by atoms with van der Waals surface area (Å²) in [5, 5.41) is 11.7. The van der Waals surface area contributed by atoms with Gasteiger partial charge in [0.25, 0.3) is 0 Å². The van der Waals surface area contributed by atoms with E-state index in [4.69, 9.17) is 10.1 Å². The number of thiol groups is 1. The molecular weight excluding hydrogens is 465 g/mol. The number of nitrogens with one attached hydrogen (secondary N) is 1. The van der Waals surface area contributed by atoms with E-state index in [-0.39, 0.29) is 22.1 Å². The van der Waals surface area contributed by atoms with Gasteiger partial charge in [-0.05, 0) is 60.1 Å². The topological polar surface area (TPSA) is 84.2 Å². The van der Waals surface area contributed by atoms with Crippen LogP contribution in [0.4, 0.5) is 4.39 Å². The first kappa shape index (κ1) is 26.7. The second kappa shape index (κ2) is 10.8. The summed E-state index contributed by atoms with van der Waals surface area (Å²) >= 11 is 4.48. The third kappa shape index (κ3) is 6.63. The summed E-state index contributed by atoms with van der Waals surface area (Å²) in [5.74, 6) is -1.26. The molecule has 0 aliphatic heterocycles. The van der Waals surface area contributed by atoms with Crippen LogP contribution in [0.1, 0.15) is 73.4 Å². The number of halogens is 1. The monoisotopic (exact) mass is 499 g/mol. The number of hydrogen-bond acceptors (Lipinski definition) is 4. The second-order valence-electron chi connectivity index (χ2n) is 10.3. The number of amides is 1. The van der Waals surface area contributed by atoms with Crippen molar-refractivity contribution in [3.8, 4) is 0 Å². The number of carbonyl (C=O) groups excluding carboxylic acids is 1. The Kier molecular flexibility index (Phi) is 8.26. The highest BCUT2D eigenvalue weighted by Gasteiger charge is 2.22. The molecule has 0 spiro atoms. The van der Waals surface area contributed by atoms with E-state index < -0.39 is 11.8 Å². The van der Waals surface area contributed by atoms with Crippen molar-refractivity contribution < 1.29 is 19.1 Å². The van der Waals surface area contributed by atoms with Crippen LogP contribution in [0.25, 0.3) is 11.0 Å². The molecule has 1 heterocycles. The summed E-state index contributed by atoms with van der Waals surface area (Å²) in [6.45, 7) is 11.0. The highest BCUT2D eigenvalue weighted by molar-refractivity contribution is 7.81. The van der Waals surface area contributed by atoms with Gasteiger partial charge in [-0.3, -0.25) is 4.79 Å². The number of fused-ring (bicyclic) bond motifs is 1. The van der Waals surface area contributed by atoms with Crippen LogP contribution < -0.4 is 5.32 Å². The number of aromatic nitrogens is 2. The van der Waals surface area contributed by atoms with Crippen LogP contribution in [0.5, 0.6) is 0 Å². The van der Waals surface area contributed by atoms with Gasteiger partial charge in [-0.2, -0.15) is 12.6 Å². The SMILES string of the molecule is CCCc1nc2c(C)cc(CNC(=O)C(S)CC(C)(C)C)cc2n1Cc1ccc(C(=O)O)c(F)c1. The molecule has 0 saturated carbocycles. The van der Waals surface area contributed by atoms with Crippen molar-refractivity contribution in [2.24, 2.45) is 5.41 Å². The number of aromatic carboxylic acids is 1. The first-order valence-electron chi connectivity index (χ1n) is 11.9. The third-order valence-electron chi connectivity index (χ3n) is 5.84. The normalized spacial score (nSPS) is 12.7. The quantitative estimate of drug-likeness (QED) is 0.338. The lowest BCUT2D eigenvalue weighted by atomic mass is 9.90. The molecule has 1 aromatic heterocycles. The molecule has 3 rings (SSSR count). The van der Waals surface area contributed by atoms with Gasteiger partial charge < -0.3 is 15.0 Å². The zero-order valence-electron chi connectivity index (χ0n) is 21.0. The molecule has 1 amide bonds. The molecule has 1 atom stereocenters. The van der Waals surface area contributed by atoms with Crippen LogP contribution in [-0.4, -0.2) is 31.8 Å². The van der Waals surface area contributed by atoms with Crippen LogP contribution in [0, 0.1) is 18.2 Å². The van der Waals surface area contributed by atoms with Gasteiger partial charge in [0, 0.05) is 19.5 Å². The largest absolute Gasteiger partial charge is 0.478 e. The van der Waals surface area contributed by atoms with Crippen LogP contribution in [0.2, 0.25) is 0 Å². The van der Waals surface area contributed by atoms with E-state index in [0.717, 1.165) is 40.8 Å². The maximum Gasteiger partial charge on any atom is 0.338 e. The average molecular weight is 500 g/mol. The molecular formula is C27H34FN3O3S. The van der Waals surface area contributed by atoms with Crippen molar-refractivity contribution in [1.82, 2.24) is 14.9 Å². The van der Waals surface area contributed by atoms with E-state index in [1.165, 1.54) is 12.1 Å². The number of nitrogens with zero attached hydrogens (tertiary/aromatic N) is 2. The molecule has 188 valence electrons. The van der Waals surface area contributed by atoms with E-state index in [0.29, 0.717) is 25.1 Å². The maximum atomic E-state index is 14.3. The number of imidazole rings is 1. The molecule has 35 heavy (non-hydrogen) atoms. The summed E-state index contributed by atoms with van der Waals surface area (Å²) < 4.78 is 16.4. The standard InChI is InChI=1S/C27H34FN3O3S/c1-6-7-23-30-24-16(2)10-18(14-29-25(32)22(35)13-27(3,4)5)12-21(24)31(23)15-17-8-9-19(26(33)34)20(28)11-17/h8-12,22,35H,6-7,13-15H2,1-5H3,(H,29,32)(H,33,34). The number of carboxylic acid groups (broad SMARTS) is 1. The van der Waals surface area contributed by atoms with Crippen molar-refractivity contribution >= 4 is 35.5 Å². The summed E-state index contributed by atoms with van der Waals surface area (Å²) in [4.78, 5) is 28.6. The van der Waals surface area contributed by atoms with Crippen LogP contribution in [0.3, 0.4) is 0 Å². The Bertz CT molecular complexity index is 1250. The molecule has 0 radical (unpaired) electrons. The fourth-order valence-corrected chi connectivity index (χ4v) is 4.84. The van der Waals surface area contributed by atoms with Crippen molar-refractivity contribution in [2.75, 3.05) is 0 Å². The van der Waals surface area contributed by atoms with E-state index in [1.54, 1.807) is 6.07 Å². The number of hydrogen-bond donors (Lipinski definition) is 3. The van der Waals surface area contributed by atoms with E-state index in [9.17, 15) is 14.0 Å². The number of aryl methyl sites for hydroxylation is 2. The Morgan fingerprint density at radius 1 is 1.20 bits per heavy atom. The van der Waals surface area contributed by atoms with Gasteiger partial charge in [0.2, 0.25) is 5.91 Å². The molecule has 8 heteroatoms. The highest BCUT2D eigenvalue weighted by Crippen LogP contribution is 2.26. The van der Waals surface area contributed by atoms with Gasteiger partial charge in [-0.25, -0.2) is 14.2 Å². The number of benzene rings is 2. The van der Waals surface area contributed by atoms with Gasteiger partial charge in [0.15, 0.2) is 0 Å². The van der Waals surface area contributed by atoms with Crippen LogP contribution in [-0.2, 0) is 24.3 Å². The lowest BCUT2D eigenvalue weighted by Gasteiger charge is -2.22. The van der Waals surface area contributed by atoms with E-state index in [2.05, 4.69) is 45.6 Å². The molecule has 0 saturated heterocycles. The van der Waals surface area contributed by atoms with Crippen molar-refractivity contribution in [1.29, 1.82) is 0 Å². The molecule has 1 unspecified atom stereocenters. The Hall–Kier alpha value is -2.87. The Balaban J connectivity index is 1.91. The van der Waals surface area contributed by atoms with Gasteiger partial charge in [0.05, 0.1) is 21.8 Å². The number of carboxylic acids is 1. The minimum absolute atomic E-state index is 0.00355. The van der Waals surface area contributed by atoms with Crippen molar-refractivity contribution in [2.45, 2.75) is 72.2 Å². The molecule has 6 nitrogen and oxygen atoms in total. The summed E-state index contributed by atoms with van der Waals surface area (Å²) in [5.41, 5.74) is 4.01. The van der Waals surface area contributed by atoms with Crippen LogP contribution in [0.15, 0.2) is 30.3 Å². The molecule has 2 aromatic carbocycles. The first-order chi connectivity index (χ1) is 16.4. The molecule has 0 fully saturated rings. The fourth-order valence-electron chi connectivity index (χ4n) is 4.20. The molecule has 0 aliphatic rings. The lowest BCUT2D eigenvalue weighted by molar-refractivity contribution is -0.121. The minimum Gasteiger partial charge on any atom is -0.478 e. The van der Waals surface area contributed by atoms with E-state index >= 15 is 0 Å². The zero-order valence-corrected chi connectivity index (χ0v) is 21.9. The molecule has 0 aliphatic carbocycles. The van der Waals surface area contributed by atoms with Crippen LogP contribution >= 0.6 is 12.6 Å². The van der Waals surface area contributed by atoms with Gasteiger partial charge in [-0.1, -0.05) is 39.8 Å². The average Bonchev–Trinajstić information content (AvgIpc) is 3.08. The molecule has 2 N–H and O–H groups in total. The van der Waals surface area contributed by atoms with Crippen molar-refractivity contribution in [3.05, 3.63) is 64.2 Å². The number of rotatable bonds is 9. The first-order valence-corrected chi connectivity index (χ1v) is 12.4. The third-order valence-corrected chi connectivity index (χ3v) is 6.25. The smallest absolute Gasteiger partial charge is 0.338 e. The Morgan fingerprint density at radius 2 is 1.91 bits per heavy atom. The minimum atomic E-state index is -1.29. The van der Waals surface area contributed by atoms with Crippen molar-refractivity contribution in [3.63, 3.8) is 0 Å². The second-order valence-corrected chi connectivity index (χ2v) is 10.9. The predicted octanol–water partition coefficient (Wildman–Crippen LogP) is 5.53. The summed E-state index contributed by atoms with van der Waals surface area (Å²) in [6.07, 6.45) is 2.32. The summed E-state index contributed by atoms with van der Waals surface area (Å²) in [7, 11) is 0. The van der Waals surface area contributed by atoms with Gasteiger partial charge in [-0.15, -0.1) is 0 Å².